The van der Waals surface area contributed by atoms with Gasteiger partial charge in [0, 0.05) is 6.54 Å². The zero-order chi connectivity index (χ0) is 10.3. The van der Waals surface area contributed by atoms with Gasteiger partial charge in [-0.05, 0) is 18.8 Å². The second-order valence-corrected chi connectivity index (χ2v) is 3.62. The number of hydrogen-bond acceptors (Lipinski definition) is 3. The monoisotopic (exact) mass is 183 g/mol. The summed E-state index contributed by atoms with van der Waals surface area (Å²) in [7, 11) is 0. The predicted octanol–water partition coefficient (Wildman–Crippen LogP) is 2.81. The van der Waals surface area contributed by atoms with Gasteiger partial charge < -0.3 is 5.32 Å². The number of nitrogens with one attached hydrogen (secondary N) is 1. The first-order valence-corrected chi connectivity index (χ1v) is 4.88. The molecular weight excluding hydrogens is 162 g/mol. The van der Waals surface area contributed by atoms with Crippen molar-refractivity contribution >= 4 is 0 Å². The number of azo groups is 1. The highest BCUT2D eigenvalue weighted by Gasteiger charge is 2.04. The summed E-state index contributed by atoms with van der Waals surface area (Å²) in [4.78, 5) is 0. The van der Waals surface area contributed by atoms with Crippen molar-refractivity contribution in [3.05, 3.63) is 12.4 Å². The van der Waals surface area contributed by atoms with E-state index >= 15 is 0 Å². The van der Waals surface area contributed by atoms with Crippen LogP contribution in [0.1, 0.15) is 27.7 Å². The van der Waals surface area contributed by atoms with Crippen LogP contribution in [0.5, 0.6) is 0 Å². The summed E-state index contributed by atoms with van der Waals surface area (Å²) < 4.78 is 0. The molecule has 0 fully saturated rings. The maximum absolute atomic E-state index is 4.07. The summed E-state index contributed by atoms with van der Waals surface area (Å²) in [5, 5.41) is 11.0. The Hall–Kier alpha value is -0.860. The Labute approximate surface area is 81.3 Å². The van der Waals surface area contributed by atoms with Gasteiger partial charge in [-0.3, -0.25) is 0 Å². The molecule has 0 aliphatic rings. The van der Waals surface area contributed by atoms with Crippen molar-refractivity contribution in [3.8, 4) is 0 Å². The van der Waals surface area contributed by atoms with Crippen LogP contribution in [-0.4, -0.2) is 13.1 Å². The summed E-state index contributed by atoms with van der Waals surface area (Å²) in [6, 6.07) is 0. The van der Waals surface area contributed by atoms with Crippen LogP contribution in [0.15, 0.2) is 22.6 Å². The lowest BCUT2D eigenvalue weighted by Crippen LogP contribution is -2.10. The fraction of sp³-hybridized carbons (Fsp3) is 0.800. The molecule has 1 unspecified atom stereocenters. The maximum atomic E-state index is 4.07. The Bertz CT molecular complexity index is 173. The topological polar surface area (TPSA) is 36.8 Å². The van der Waals surface area contributed by atoms with E-state index in [1.165, 1.54) is 0 Å². The lowest BCUT2D eigenvalue weighted by molar-refractivity contribution is 0.424. The van der Waals surface area contributed by atoms with Gasteiger partial charge in [0.1, 0.15) is 5.82 Å². The molecule has 0 bridgehead atoms. The minimum atomic E-state index is 0.582. The Morgan fingerprint density at radius 2 is 2.00 bits per heavy atom. The van der Waals surface area contributed by atoms with Gasteiger partial charge >= 0.3 is 0 Å². The van der Waals surface area contributed by atoms with Crippen LogP contribution < -0.4 is 5.32 Å². The molecule has 0 aromatic heterocycles. The van der Waals surface area contributed by atoms with Crippen LogP contribution in [0, 0.1) is 11.8 Å². The van der Waals surface area contributed by atoms with Gasteiger partial charge in [-0.15, -0.1) is 5.11 Å². The molecule has 0 rings (SSSR count). The highest BCUT2D eigenvalue weighted by Crippen LogP contribution is 2.09. The van der Waals surface area contributed by atoms with Crippen LogP contribution in [0.2, 0.25) is 0 Å². The van der Waals surface area contributed by atoms with Gasteiger partial charge in [0.25, 0.3) is 0 Å². The molecule has 3 heteroatoms. The molecule has 13 heavy (non-hydrogen) atoms. The van der Waals surface area contributed by atoms with E-state index < -0.39 is 0 Å². The Morgan fingerprint density at radius 1 is 1.38 bits per heavy atom. The number of rotatable bonds is 6. The first-order chi connectivity index (χ1) is 6.07. The van der Waals surface area contributed by atoms with E-state index in [0.29, 0.717) is 17.7 Å². The SMILES string of the molecule is C=C(/N=N\CC(C)C(C)C)NCC. The second-order valence-electron chi connectivity index (χ2n) is 3.62. The third kappa shape index (κ3) is 6.31. The molecule has 0 aliphatic heterocycles. The van der Waals surface area contributed by atoms with Gasteiger partial charge in [-0.1, -0.05) is 27.4 Å². The van der Waals surface area contributed by atoms with Crippen molar-refractivity contribution in [2.75, 3.05) is 13.1 Å². The van der Waals surface area contributed by atoms with Crippen molar-refractivity contribution < 1.29 is 0 Å². The Balaban J connectivity index is 3.68. The zero-order valence-corrected chi connectivity index (χ0v) is 9.17. The zero-order valence-electron chi connectivity index (χ0n) is 9.17. The molecule has 3 nitrogen and oxygen atoms in total. The van der Waals surface area contributed by atoms with E-state index in [9.17, 15) is 0 Å². The number of nitrogens with zero attached hydrogens (tertiary/aromatic N) is 2. The first-order valence-electron chi connectivity index (χ1n) is 4.88. The van der Waals surface area contributed by atoms with E-state index in [1.54, 1.807) is 0 Å². The summed E-state index contributed by atoms with van der Waals surface area (Å²) in [5.74, 6) is 1.89. The largest absolute Gasteiger partial charge is 0.369 e. The molecule has 1 atom stereocenters. The normalized spacial score (nSPS) is 13.6. The minimum absolute atomic E-state index is 0.582. The molecule has 0 amide bonds. The molecule has 0 saturated heterocycles. The van der Waals surface area contributed by atoms with E-state index in [1.807, 2.05) is 6.92 Å². The summed E-state index contributed by atoms with van der Waals surface area (Å²) >= 11 is 0. The van der Waals surface area contributed by atoms with E-state index in [4.69, 9.17) is 0 Å². The Morgan fingerprint density at radius 3 is 2.46 bits per heavy atom. The van der Waals surface area contributed by atoms with Crippen LogP contribution in [0.4, 0.5) is 0 Å². The Kier molecular flexibility index (Phi) is 6.20. The molecular formula is C10H21N3. The molecule has 0 spiro atoms. The fourth-order valence-electron chi connectivity index (χ4n) is 0.705. The number of hydrogen-bond donors (Lipinski definition) is 1. The summed E-state index contributed by atoms with van der Waals surface area (Å²) in [6.07, 6.45) is 0. The first kappa shape index (κ1) is 12.1. The molecule has 0 heterocycles. The third-order valence-electron chi connectivity index (χ3n) is 2.08. The van der Waals surface area contributed by atoms with Crippen LogP contribution >= 0.6 is 0 Å². The summed E-state index contributed by atoms with van der Waals surface area (Å²) in [5.41, 5.74) is 0. The van der Waals surface area contributed by atoms with Gasteiger partial charge in [-0.2, -0.15) is 5.11 Å². The average Bonchev–Trinajstić information content (AvgIpc) is 2.04. The van der Waals surface area contributed by atoms with Crippen LogP contribution in [-0.2, 0) is 0 Å². The van der Waals surface area contributed by atoms with Gasteiger partial charge in [0.2, 0.25) is 0 Å². The van der Waals surface area contributed by atoms with E-state index in [-0.39, 0.29) is 0 Å². The molecule has 0 saturated carbocycles. The second kappa shape index (κ2) is 6.63. The molecule has 1 N–H and O–H groups in total. The van der Waals surface area contributed by atoms with Gasteiger partial charge in [-0.25, -0.2) is 0 Å². The molecule has 76 valence electrons. The van der Waals surface area contributed by atoms with Gasteiger partial charge in [0.05, 0.1) is 6.54 Å². The predicted molar refractivity (Wildman–Crippen MR) is 56.5 cm³/mol. The summed E-state index contributed by atoms with van der Waals surface area (Å²) in [6.45, 7) is 13.9. The standard InChI is InChI=1S/C10H21N3/c1-6-11-10(5)13-12-7-9(4)8(2)3/h8-9,11H,5-7H2,1-4H3/b13-12-. The minimum Gasteiger partial charge on any atom is -0.369 e. The molecule has 0 aromatic rings. The van der Waals surface area contributed by atoms with Crippen molar-refractivity contribution in [1.29, 1.82) is 0 Å². The van der Waals surface area contributed by atoms with E-state index in [0.717, 1.165) is 13.1 Å². The molecule has 0 aliphatic carbocycles. The van der Waals surface area contributed by atoms with Gasteiger partial charge in [0.15, 0.2) is 0 Å². The maximum Gasteiger partial charge on any atom is 0.140 e. The highest BCUT2D eigenvalue weighted by atomic mass is 15.2. The fourth-order valence-corrected chi connectivity index (χ4v) is 0.705. The van der Waals surface area contributed by atoms with Crippen molar-refractivity contribution in [3.63, 3.8) is 0 Å². The third-order valence-corrected chi connectivity index (χ3v) is 2.08. The quantitative estimate of drug-likeness (QED) is 0.632. The van der Waals surface area contributed by atoms with Crippen LogP contribution in [0.3, 0.4) is 0 Å². The highest BCUT2D eigenvalue weighted by molar-refractivity contribution is 4.85. The van der Waals surface area contributed by atoms with Crippen molar-refractivity contribution in [2.45, 2.75) is 27.7 Å². The average molecular weight is 183 g/mol. The van der Waals surface area contributed by atoms with Crippen LogP contribution in [0.25, 0.3) is 0 Å². The molecule has 0 radical (unpaired) electrons. The lowest BCUT2D eigenvalue weighted by atomic mass is 9.99. The smallest absolute Gasteiger partial charge is 0.140 e. The van der Waals surface area contributed by atoms with E-state index in [2.05, 4.69) is 42.9 Å². The van der Waals surface area contributed by atoms with Crippen molar-refractivity contribution in [2.24, 2.45) is 22.1 Å². The lowest BCUT2D eigenvalue weighted by Gasteiger charge is -2.11. The van der Waals surface area contributed by atoms with Crippen molar-refractivity contribution in [1.82, 2.24) is 5.32 Å². The molecule has 0 aromatic carbocycles.